The standard InChI is InChI=1S/C23H23F2N3O3/c1-2-12-28(23(31)21-22(30)19(29)14-26-27-21)13-11-16(15-7-4-3-5-8-15)20-17(24)9-6-10-18(20)25/h3-10,14,16H,2,11-13H2,1H3,(H,26,30)(H,27,29)/t16-/m0/s1. The summed E-state index contributed by atoms with van der Waals surface area (Å²) in [5.41, 5.74) is -0.424. The number of benzene rings is 2. The van der Waals surface area contributed by atoms with Gasteiger partial charge in [-0.05, 0) is 30.5 Å². The van der Waals surface area contributed by atoms with Crippen molar-refractivity contribution in [3.05, 3.63) is 93.4 Å². The Morgan fingerprint density at radius 3 is 2.42 bits per heavy atom. The van der Waals surface area contributed by atoms with Crippen molar-refractivity contribution < 1.29 is 18.7 Å². The molecule has 0 aliphatic rings. The number of aromatic hydroxyl groups is 1. The molecule has 0 fully saturated rings. The number of rotatable bonds is 8. The van der Waals surface area contributed by atoms with E-state index in [4.69, 9.17) is 0 Å². The molecule has 0 aliphatic carbocycles. The minimum atomic E-state index is -0.769. The van der Waals surface area contributed by atoms with Gasteiger partial charge in [0.15, 0.2) is 11.4 Å². The minimum Gasteiger partial charge on any atom is -0.502 e. The molecule has 8 heteroatoms. The van der Waals surface area contributed by atoms with E-state index in [1.807, 2.05) is 13.0 Å². The summed E-state index contributed by atoms with van der Waals surface area (Å²) in [5, 5.41) is 15.9. The topological polar surface area (TPSA) is 86.3 Å². The van der Waals surface area contributed by atoms with Crippen molar-refractivity contribution in [2.24, 2.45) is 0 Å². The maximum atomic E-state index is 14.6. The first-order valence-corrected chi connectivity index (χ1v) is 9.98. The van der Waals surface area contributed by atoms with Gasteiger partial charge in [0.2, 0.25) is 5.43 Å². The molecule has 0 saturated carbocycles. The fourth-order valence-electron chi connectivity index (χ4n) is 3.58. The maximum absolute atomic E-state index is 14.6. The number of carbonyl (C=O) groups is 1. The molecule has 6 nitrogen and oxygen atoms in total. The van der Waals surface area contributed by atoms with Crippen LogP contribution in [0.15, 0.2) is 59.5 Å². The van der Waals surface area contributed by atoms with Gasteiger partial charge in [0.05, 0.1) is 6.20 Å². The van der Waals surface area contributed by atoms with Crippen molar-refractivity contribution in [3.8, 4) is 5.75 Å². The minimum absolute atomic E-state index is 0.0600. The zero-order valence-electron chi connectivity index (χ0n) is 17.0. The highest BCUT2D eigenvalue weighted by Crippen LogP contribution is 2.32. The Morgan fingerprint density at radius 2 is 1.77 bits per heavy atom. The number of nitrogens with one attached hydrogen (secondary N) is 1. The number of nitrogens with zero attached hydrogens (tertiary/aromatic N) is 2. The van der Waals surface area contributed by atoms with Crippen LogP contribution in [0.5, 0.6) is 5.75 Å². The van der Waals surface area contributed by atoms with Crippen LogP contribution in [0.3, 0.4) is 0 Å². The Labute approximate surface area is 178 Å². The van der Waals surface area contributed by atoms with Crippen molar-refractivity contribution in [1.29, 1.82) is 0 Å². The van der Waals surface area contributed by atoms with Gasteiger partial charge in [0.25, 0.3) is 5.91 Å². The summed E-state index contributed by atoms with van der Waals surface area (Å²) >= 11 is 0. The molecule has 3 rings (SSSR count). The highest BCUT2D eigenvalue weighted by atomic mass is 19.1. The molecule has 31 heavy (non-hydrogen) atoms. The lowest BCUT2D eigenvalue weighted by molar-refractivity contribution is 0.0740. The van der Waals surface area contributed by atoms with Crippen molar-refractivity contribution in [2.45, 2.75) is 25.7 Å². The van der Waals surface area contributed by atoms with Gasteiger partial charge in [-0.2, -0.15) is 5.10 Å². The maximum Gasteiger partial charge on any atom is 0.275 e. The van der Waals surface area contributed by atoms with Gasteiger partial charge in [-0.25, -0.2) is 8.78 Å². The average molecular weight is 427 g/mol. The summed E-state index contributed by atoms with van der Waals surface area (Å²) < 4.78 is 29.2. The Kier molecular flexibility index (Phi) is 7.12. The van der Waals surface area contributed by atoms with Crippen molar-refractivity contribution in [1.82, 2.24) is 15.1 Å². The summed E-state index contributed by atoms with van der Waals surface area (Å²) in [5.74, 6) is -3.25. The van der Waals surface area contributed by atoms with Gasteiger partial charge in [0, 0.05) is 24.6 Å². The lowest BCUT2D eigenvalue weighted by Gasteiger charge is -2.26. The smallest absolute Gasteiger partial charge is 0.275 e. The second kappa shape index (κ2) is 9.97. The number of hydrogen-bond donors (Lipinski definition) is 2. The van der Waals surface area contributed by atoms with Crippen LogP contribution in [-0.4, -0.2) is 39.2 Å². The molecule has 1 aromatic heterocycles. The molecule has 2 N–H and O–H groups in total. The van der Waals surface area contributed by atoms with Gasteiger partial charge in [0.1, 0.15) is 11.6 Å². The molecule has 0 bridgehead atoms. The highest BCUT2D eigenvalue weighted by Gasteiger charge is 2.26. The van der Waals surface area contributed by atoms with Gasteiger partial charge >= 0.3 is 0 Å². The Morgan fingerprint density at radius 1 is 1.10 bits per heavy atom. The Balaban J connectivity index is 1.92. The van der Waals surface area contributed by atoms with E-state index in [1.165, 1.54) is 23.1 Å². The van der Waals surface area contributed by atoms with Crippen molar-refractivity contribution in [2.75, 3.05) is 13.1 Å². The Hall–Kier alpha value is -3.55. The van der Waals surface area contributed by atoms with Crippen LogP contribution in [0.4, 0.5) is 8.78 Å². The number of aromatic amines is 1. The monoisotopic (exact) mass is 427 g/mol. The van der Waals surface area contributed by atoms with Crippen molar-refractivity contribution >= 4 is 5.91 Å². The number of carbonyl (C=O) groups excluding carboxylic acids is 1. The average Bonchev–Trinajstić information content (AvgIpc) is 2.77. The zero-order valence-corrected chi connectivity index (χ0v) is 17.0. The fourth-order valence-corrected chi connectivity index (χ4v) is 3.58. The molecule has 162 valence electrons. The predicted molar refractivity (Wildman–Crippen MR) is 112 cm³/mol. The third kappa shape index (κ3) is 4.96. The van der Waals surface area contributed by atoms with Gasteiger partial charge in [-0.15, -0.1) is 0 Å². The van der Waals surface area contributed by atoms with Crippen LogP contribution >= 0.6 is 0 Å². The molecule has 0 saturated heterocycles. The van der Waals surface area contributed by atoms with E-state index in [1.54, 1.807) is 24.3 Å². The van der Waals surface area contributed by atoms with Gasteiger partial charge in [-0.1, -0.05) is 43.3 Å². The van der Waals surface area contributed by atoms with E-state index in [-0.39, 0.29) is 24.2 Å². The molecule has 1 atom stereocenters. The van der Waals surface area contributed by atoms with Crippen LogP contribution in [0.2, 0.25) is 0 Å². The van der Waals surface area contributed by atoms with Crippen LogP contribution in [-0.2, 0) is 0 Å². The van der Waals surface area contributed by atoms with Gasteiger partial charge < -0.3 is 10.0 Å². The normalized spacial score (nSPS) is 11.8. The molecule has 1 amide bonds. The Bertz CT molecular complexity index is 1080. The number of halogens is 2. The first-order chi connectivity index (χ1) is 14.9. The quantitative estimate of drug-likeness (QED) is 0.572. The first kappa shape index (κ1) is 22.1. The summed E-state index contributed by atoms with van der Waals surface area (Å²) in [6, 6.07) is 12.7. The number of H-pyrrole nitrogens is 1. The van der Waals surface area contributed by atoms with Crippen LogP contribution in [0.1, 0.15) is 47.3 Å². The van der Waals surface area contributed by atoms with Crippen LogP contribution in [0.25, 0.3) is 0 Å². The zero-order chi connectivity index (χ0) is 22.4. The predicted octanol–water partition coefficient (Wildman–Crippen LogP) is 3.83. The molecular formula is C23H23F2N3O3. The summed E-state index contributed by atoms with van der Waals surface area (Å²) in [7, 11) is 0. The molecule has 1 heterocycles. The molecule has 0 unspecified atom stereocenters. The van der Waals surface area contributed by atoms with E-state index < -0.39 is 34.6 Å². The summed E-state index contributed by atoms with van der Waals surface area (Å²) in [6.45, 7) is 2.35. The lowest BCUT2D eigenvalue weighted by Crippen LogP contribution is -2.35. The van der Waals surface area contributed by atoms with E-state index in [0.29, 0.717) is 18.5 Å². The van der Waals surface area contributed by atoms with E-state index in [0.717, 1.165) is 6.20 Å². The number of hydrogen-bond acceptors (Lipinski definition) is 4. The first-order valence-electron chi connectivity index (χ1n) is 9.98. The summed E-state index contributed by atoms with van der Waals surface area (Å²) in [4.78, 5) is 26.0. The molecule has 0 radical (unpaired) electrons. The second-order valence-corrected chi connectivity index (χ2v) is 7.14. The second-order valence-electron chi connectivity index (χ2n) is 7.14. The van der Waals surface area contributed by atoms with Crippen LogP contribution in [0, 0.1) is 11.6 Å². The molecule has 3 aromatic rings. The lowest BCUT2D eigenvalue weighted by atomic mass is 9.87. The third-order valence-electron chi connectivity index (χ3n) is 5.06. The SMILES string of the molecule is CCCN(CC[C@@H](c1ccccc1)c1c(F)cccc1F)C(=O)c1[nH]ncc(=O)c1O. The number of amides is 1. The van der Waals surface area contributed by atoms with E-state index in [2.05, 4.69) is 10.2 Å². The fraction of sp³-hybridized carbons (Fsp3) is 0.261. The van der Waals surface area contributed by atoms with Gasteiger partial charge in [-0.3, -0.25) is 14.7 Å². The van der Waals surface area contributed by atoms with E-state index in [9.17, 15) is 23.5 Å². The molecule has 2 aromatic carbocycles. The van der Waals surface area contributed by atoms with Crippen LogP contribution < -0.4 is 5.43 Å². The van der Waals surface area contributed by atoms with Crippen molar-refractivity contribution in [3.63, 3.8) is 0 Å². The van der Waals surface area contributed by atoms with E-state index >= 15 is 0 Å². The largest absolute Gasteiger partial charge is 0.502 e. The molecular weight excluding hydrogens is 404 g/mol. The summed E-state index contributed by atoms with van der Waals surface area (Å²) in [6.07, 6.45) is 1.72. The third-order valence-corrected chi connectivity index (χ3v) is 5.06. The highest BCUT2D eigenvalue weighted by molar-refractivity contribution is 5.94. The molecule has 0 aliphatic heterocycles. The number of aromatic nitrogens is 2. The molecule has 0 spiro atoms.